The maximum absolute atomic E-state index is 12.0. The second kappa shape index (κ2) is 6.12. The van der Waals surface area contributed by atoms with Gasteiger partial charge in [-0.05, 0) is 33.6 Å². The topological polar surface area (TPSA) is 49.9 Å². The minimum atomic E-state index is -0.451. The molecule has 2 fully saturated rings. The molecule has 5 nitrogen and oxygen atoms in total. The fourth-order valence-corrected chi connectivity index (χ4v) is 2.89. The van der Waals surface area contributed by atoms with Crippen LogP contribution in [-0.2, 0) is 9.53 Å². The molecule has 0 aromatic carbocycles. The fraction of sp³-hybridized carbons (Fsp3) is 0.867. The van der Waals surface area contributed by atoms with Crippen LogP contribution >= 0.6 is 0 Å². The highest BCUT2D eigenvalue weighted by Gasteiger charge is 2.32. The Labute approximate surface area is 121 Å². The molecule has 1 aliphatic carbocycles. The molecule has 1 atom stereocenters. The molecular formula is C15H26N2O3. The van der Waals surface area contributed by atoms with Gasteiger partial charge in [0, 0.05) is 32.6 Å². The summed E-state index contributed by atoms with van der Waals surface area (Å²) in [6.45, 7) is 8.48. The van der Waals surface area contributed by atoms with Crippen LogP contribution in [0.5, 0.6) is 0 Å². The number of ketones is 1. The Morgan fingerprint density at radius 2 is 1.80 bits per heavy atom. The minimum Gasteiger partial charge on any atom is -0.444 e. The smallest absolute Gasteiger partial charge is 0.410 e. The summed E-state index contributed by atoms with van der Waals surface area (Å²) in [5.41, 5.74) is -0.451. The second-order valence-corrected chi connectivity index (χ2v) is 6.73. The van der Waals surface area contributed by atoms with Crippen LogP contribution in [0.4, 0.5) is 4.79 Å². The van der Waals surface area contributed by atoms with Crippen molar-refractivity contribution < 1.29 is 14.3 Å². The number of Topliss-reactive ketones (excluding diaryl/α,β-unsaturated/α-hetero) is 1. The number of carbonyl (C=O) groups excluding carboxylic acids is 2. The van der Waals surface area contributed by atoms with E-state index in [0.717, 1.165) is 38.8 Å². The predicted molar refractivity (Wildman–Crippen MR) is 76.6 cm³/mol. The zero-order valence-electron chi connectivity index (χ0n) is 12.9. The van der Waals surface area contributed by atoms with E-state index in [1.807, 2.05) is 20.8 Å². The van der Waals surface area contributed by atoms with Gasteiger partial charge in [0.1, 0.15) is 11.4 Å². The van der Waals surface area contributed by atoms with Gasteiger partial charge in [-0.25, -0.2) is 4.79 Å². The van der Waals surface area contributed by atoms with Crippen molar-refractivity contribution in [2.75, 3.05) is 26.2 Å². The molecule has 1 saturated carbocycles. The standard InChI is InChI=1S/C15H26N2O3/c1-15(2,3)20-14(19)17-10-8-16(9-11-17)12-6-4-5-7-13(12)18/h12H,4-11H2,1-3H3/t12-/m1/s1. The summed E-state index contributed by atoms with van der Waals surface area (Å²) in [4.78, 5) is 27.9. The summed E-state index contributed by atoms with van der Waals surface area (Å²) < 4.78 is 5.38. The molecule has 2 rings (SSSR count). The van der Waals surface area contributed by atoms with Crippen molar-refractivity contribution >= 4 is 11.9 Å². The molecule has 1 amide bonds. The van der Waals surface area contributed by atoms with Gasteiger partial charge in [-0.15, -0.1) is 0 Å². The van der Waals surface area contributed by atoms with Gasteiger partial charge in [-0.1, -0.05) is 6.42 Å². The molecule has 0 radical (unpaired) electrons. The molecule has 1 heterocycles. The normalized spacial score (nSPS) is 25.6. The Bertz CT molecular complexity index is 368. The molecule has 0 bridgehead atoms. The van der Waals surface area contributed by atoms with E-state index in [2.05, 4.69) is 4.90 Å². The van der Waals surface area contributed by atoms with E-state index >= 15 is 0 Å². The number of rotatable bonds is 1. The number of hydrogen-bond acceptors (Lipinski definition) is 4. The van der Waals surface area contributed by atoms with E-state index in [-0.39, 0.29) is 12.1 Å². The molecule has 1 saturated heterocycles. The van der Waals surface area contributed by atoms with Crippen LogP contribution in [-0.4, -0.2) is 59.5 Å². The summed E-state index contributed by atoms with van der Waals surface area (Å²) in [6.07, 6.45) is 3.63. The minimum absolute atomic E-state index is 0.0875. The summed E-state index contributed by atoms with van der Waals surface area (Å²) in [7, 11) is 0. The predicted octanol–water partition coefficient (Wildman–Crippen LogP) is 2.05. The Morgan fingerprint density at radius 1 is 1.15 bits per heavy atom. The summed E-state index contributed by atoms with van der Waals surface area (Å²) >= 11 is 0. The molecule has 0 N–H and O–H groups in total. The van der Waals surface area contributed by atoms with E-state index in [0.29, 0.717) is 18.9 Å². The van der Waals surface area contributed by atoms with Crippen molar-refractivity contribution in [2.24, 2.45) is 0 Å². The molecule has 0 unspecified atom stereocenters. The first-order valence-electron chi connectivity index (χ1n) is 7.61. The number of ether oxygens (including phenoxy) is 1. The number of nitrogens with zero attached hydrogens (tertiary/aromatic N) is 2. The van der Waals surface area contributed by atoms with Crippen LogP contribution in [0.3, 0.4) is 0 Å². The van der Waals surface area contributed by atoms with Crippen molar-refractivity contribution in [2.45, 2.75) is 58.1 Å². The largest absolute Gasteiger partial charge is 0.444 e. The summed E-state index contributed by atoms with van der Waals surface area (Å²) in [5.74, 6) is 0.377. The zero-order chi connectivity index (χ0) is 14.8. The number of piperazine rings is 1. The molecular weight excluding hydrogens is 256 g/mol. The van der Waals surface area contributed by atoms with Crippen molar-refractivity contribution in [3.8, 4) is 0 Å². The number of carbonyl (C=O) groups is 2. The third kappa shape index (κ3) is 3.95. The molecule has 0 aromatic rings. The Kier molecular flexibility index (Phi) is 4.68. The average Bonchev–Trinajstić information content (AvgIpc) is 2.37. The maximum atomic E-state index is 12.0. The van der Waals surface area contributed by atoms with E-state index in [1.165, 1.54) is 0 Å². The van der Waals surface area contributed by atoms with Gasteiger partial charge in [0.25, 0.3) is 0 Å². The van der Waals surface area contributed by atoms with Crippen molar-refractivity contribution in [3.63, 3.8) is 0 Å². The average molecular weight is 282 g/mol. The molecule has 5 heteroatoms. The molecule has 0 aromatic heterocycles. The van der Waals surface area contributed by atoms with Gasteiger partial charge in [-0.3, -0.25) is 9.69 Å². The zero-order valence-corrected chi connectivity index (χ0v) is 12.9. The van der Waals surface area contributed by atoms with E-state index in [9.17, 15) is 9.59 Å². The summed E-state index contributed by atoms with van der Waals surface area (Å²) in [5, 5.41) is 0. The quantitative estimate of drug-likeness (QED) is 0.738. The van der Waals surface area contributed by atoms with Gasteiger partial charge >= 0.3 is 6.09 Å². The molecule has 114 valence electrons. The third-order valence-electron chi connectivity index (χ3n) is 3.93. The summed E-state index contributed by atoms with van der Waals surface area (Å²) in [6, 6.07) is 0.0875. The lowest BCUT2D eigenvalue weighted by Gasteiger charge is -2.40. The SMILES string of the molecule is CC(C)(C)OC(=O)N1CCN([C@@H]2CCCCC2=O)CC1. The monoisotopic (exact) mass is 282 g/mol. The molecule has 1 aliphatic heterocycles. The lowest BCUT2D eigenvalue weighted by atomic mass is 9.92. The van der Waals surface area contributed by atoms with Gasteiger partial charge < -0.3 is 9.64 Å². The van der Waals surface area contributed by atoms with Gasteiger partial charge in [0.15, 0.2) is 0 Å². The molecule has 2 aliphatic rings. The van der Waals surface area contributed by atoms with Crippen LogP contribution in [0.15, 0.2) is 0 Å². The van der Waals surface area contributed by atoms with E-state index in [4.69, 9.17) is 4.74 Å². The van der Waals surface area contributed by atoms with Crippen molar-refractivity contribution in [1.82, 2.24) is 9.80 Å². The number of amides is 1. The van der Waals surface area contributed by atoms with Crippen LogP contribution in [0.25, 0.3) is 0 Å². The molecule has 20 heavy (non-hydrogen) atoms. The van der Waals surface area contributed by atoms with Crippen LogP contribution in [0.2, 0.25) is 0 Å². The molecule has 0 spiro atoms. The van der Waals surface area contributed by atoms with Crippen molar-refractivity contribution in [1.29, 1.82) is 0 Å². The first kappa shape index (κ1) is 15.3. The third-order valence-corrected chi connectivity index (χ3v) is 3.93. The van der Waals surface area contributed by atoms with Crippen LogP contribution in [0, 0.1) is 0 Å². The first-order chi connectivity index (χ1) is 9.37. The van der Waals surface area contributed by atoms with Gasteiger partial charge in [0.2, 0.25) is 0 Å². The second-order valence-electron chi connectivity index (χ2n) is 6.73. The first-order valence-corrected chi connectivity index (χ1v) is 7.61. The van der Waals surface area contributed by atoms with Gasteiger partial charge in [0.05, 0.1) is 6.04 Å². The van der Waals surface area contributed by atoms with Crippen molar-refractivity contribution in [3.05, 3.63) is 0 Å². The lowest BCUT2D eigenvalue weighted by Crippen LogP contribution is -2.55. The fourth-order valence-electron chi connectivity index (χ4n) is 2.89. The van der Waals surface area contributed by atoms with Crippen LogP contribution in [0.1, 0.15) is 46.5 Å². The van der Waals surface area contributed by atoms with E-state index in [1.54, 1.807) is 4.90 Å². The Balaban J connectivity index is 1.83. The van der Waals surface area contributed by atoms with E-state index < -0.39 is 5.60 Å². The highest BCUT2D eigenvalue weighted by molar-refractivity contribution is 5.84. The highest BCUT2D eigenvalue weighted by atomic mass is 16.6. The number of hydrogen-bond donors (Lipinski definition) is 0. The lowest BCUT2D eigenvalue weighted by molar-refractivity contribution is -0.126. The maximum Gasteiger partial charge on any atom is 0.410 e. The Morgan fingerprint density at radius 3 is 2.35 bits per heavy atom. The van der Waals surface area contributed by atoms with Crippen LogP contribution < -0.4 is 0 Å². The highest BCUT2D eigenvalue weighted by Crippen LogP contribution is 2.21. The Hall–Kier alpha value is -1.10. The van der Waals surface area contributed by atoms with Gasteiger partial charge in [-0.2, -0.15) is 0 Å².